The van der Waals surface area contributed by atoms with Gasteiger partial charge in [-0.1, -0.05) is 0 Å². The molecule has 1 unspecified atom stereocenters. The number of halogens is 6. The largest absolute Gasteiger partial charge is 0.481 e. The molecule has 5 rings (SSSR count). The Bertz CT molecular complexity index is 1600. The van der Waals surface area contributed by atoms with Gasteiger partial charge < -0.3 is 14.7 Å². The summed E-state index contributed by atoms with van der Waals surface area (Å²) >= 11 is 0. The molecule has 1 aromatic carbocycles. The Hall–Kier alpha value is -4.37. The van der Waals surface area contributed by atoms with E-state index in [4.69, 9.17) is 14.7 Å². The van der Waals surface area contributed by atoms with Crippen LogP contribution in [-0.2, 0) is 35.5 Å². The number of aliphatic carboxylic acids is 1. The molecule has 48 heavy (non-hydrogen) atoms. The maximum Gasteiger partial charge on any atom is 0.416 e. The summed E-state index contributed by atoms with van der Waals surface area (Å²) in [5.41, 5.74) is -1.98. The highest BCUT2D eigenvalue weighted by Gasteiger charge is 2.44. The lowest BCUT2D eigenvalue weighted by Crippen LogP contribution is -2.36. The lowest BCUT2D eigenvalue weighted by atomic mass is 9.80. The van der Waals surface area contributed by atoms with Crippen LogP contribution >= 0.6 is 0 Å². The van der Waals surface area contributed by atoms with E-state index in [1.165, 1.54) is 11.8 Å². The Morgan fingerprint density at radius 1 is 1.04 bits per heavy atom. The number of carboxylic acids is 1. The van der Waals surface area contributed by atoms with Gasteiger partial charge in [-0.15, -0.1) is 0 Å². The first-order chi connectivity index (χ1) is 22.5. The third-order valence-corrected chi connectivity index (χ3v) is 9.15. The van der Waals surface area contributed by atoms with Crippen LogP contribution in [0.15, 0.2) is 36.7 Å². The van der Waals surface area contributed by atoms with Crippen molar-refractivity contribution in [1.29, 1.82) is 0 Å². The number of carboxylic acid groups (broad SMARTS) is 1. The predicted octanol–water partition coefficient (Wildman–Crippen LogP) is 7.10. The molecular weight excluding hydrogens is 646 g/mol. The monoisotopic (exact) mass is 682 g/mol. The number of carbonyl (C=O) groups is 2. The van der Waals surface area contributed by atoms with Crippen LogP contribution in [0, 0.1) is 11.8 Å². The molecule has 1 N–H and O–H groups in total. The van der Waals surface area contributed by atoms with E-state index in [1.54, 1.807) is 30.2 Å². The number of alkyl halides is 6. The molecule has 2 aromatic heterocycles. The Morgan fingerprint density at radius 2 is 1.67 bits per heavy atom. The minimum Gasteiger partial charge on any atom is -0.481 e. The number of amides is 1. The number of ether oxygens (including phenoxy) is 1. The number of nitrogens with zero attached hydrogens (tertiary/aromatic N) is 6. The number of rotatable bonds is 10. The van der Waals surface area contributed by atoms with Crippen molar-refractivity contribution in [3.05, 3.63) is 59.0 Å². The Labute approximate surface area is 272 Å². The van der Waals surface area contributed by atoms with E-state index >= 15 is 0 Å². The first-order valence-electron chi connectivity index (χ1n) is 15.6. The number of benzene rings is 1. The lowest BCUT2D eigenvalue weighted by molar-refractivity contribution is -0.143. The quantitative estimate of drug-likeness (QED) is 0.225. The molecule has 0 radical (unpaired) electrons. The van der Waals surface area contributed by atoms with Crippen molar-refractivity contribution >= 4 is 17.9 Å². The Balaban J connectivity index is 1.45. The fourth-order valence-electron chi connectivity index (χ4n) is 6.55. The van der Waals surface area contributed by atoms with Crippen molar-refractivity contribution in [3.63, 3.8) is 0 Å². The summed E-state index contributed by atoms with van der Waals surface area (Å²) in [6.45, 7) is 4.36. The normalized spacial score (nSPS) is 21.8. The molecule has 3 aromatic rings. The van der Waals surface area contributed by atoms with Crippen LogP contribution in [0.1, 0.15) is 74.4 Å². The van der Waals surface area contributed by atoms with Gasteiger partial charge in [0.1, 0.15) is 17.5 Å². The van der Waals surface area contributed by atoms with E-state index in [0.717, 1.165) is 25.7 Å². The molecular formula is C32H36F6N6O4. The number of aromatic nitrogens is 4. The first-order valence-corrected chi connectivity index (χ1v) is 15.6. The topological polar surface area (TPSA) is 114 Å². The molecule has 1 aliphatic heterocycles. The fourth-order valence-corrected chi connectivity index (χ4v) is 6.55. The molecule has 3 heterocycles. The molecule has 10 nitrogen and oxygen atoms in total. The van der Waals surface area contributed by atoms with Gasteiger partial charge in [0.2, 0.25) is 0 Å². The zero-order chi connectivity index (χ0) is 35.0. The predicted molar refractivity (Wildman–Crippen MR) is 160 cm³/mol. The maximum atomic E-state index is 13.6. The van der Waals surface area contributed by atoms with Gasteiger partial charge in [0.15, 0.2) is 5.82 Å². The lowest BCUT2D eigenvalue weighted by Gasteiger charge is -2.33. The zero-order valence-electron chi connectivity index (χ0n) is 26.6. The maximum absolute atomic E-state index is 13.6. The van der Waals surface area contributed by atoms with Gasteiger partial charge in [-0.05, 0) is 81.2 Å². The Morgan fingerprint density at radius 3 is 2.21 bits per heavy atom. The Kier molecular flexibility index (Phi) is 9.92. The molecule has 260 valence electrons. The molecule has 0 bridgehead atoms. The minimum atomic E-state index is -5.06. The molecule has 16 heteroatoms. The average Bonchev–Trinajstić information content (AvgIpc) is 3.57. The van der Waals surface area contributed by atoms with E-state index in [1.807, 2.05) is 11.8 Å². The molecule has 1 amide bonds. The standard InChI is InChI=1S/C32H36F6N6O4/c1-4-43(16-20-7-5-19(6-8-20)11-27(45)46)29-25(41-24(15-39-29)26-9-10-40-42(26)3)17-44-18(2)28(48-30(44)47)21-12-22(31(33,34)35)14-23(13-21)32(36,37)38/h9-10,12-15,18-20,28H,4-8,11,16-17H2,1-3H3,(H,45,46)/t18-,19?,20?,28?/m0/s1. The molecule has 0 spiro atoms. The first kappa shape index (κ1) is 35.0. The molecule has 2 atom stereocenters. The molecule has 2 aliphatic rings. The third-order valence-electron chi connectivity index (χ3n) is 9.15. The van der Waals surface area contributed by atoms with Crippen LogP contribution in [0.25, 0.3) is 11.4 Å². The summed E-state index contributed by atoms with van der Waals surface area (Å²) in [7, 11) is 1.72. The van der Waals surface area contributed by atoms with Crippen LogP contribution < -0.4 is 4.90 Å². The van der Waals surface area contributed by atoms with Crippen LogP contribution in [0.2, 0.25) is 0 Å². The summed E-state index contributed by atoms with van der Waals surface area (Å²) in [6, 6.07) is 1.95. The van der Waals surface area contributed by atoms with Crippen LogP contribution in [-0.4, -0.2) is 60.9 Å². The highest BCUT2D eigenvalue weighted by molar-refractivity contribution is 5.71. The van der Waals surface area contributed by atoms with Gasteiger partial charge in [-0.25, -0.2) is 14.8 Å². The van der Waals surface area contributed by atoms with Crippen molar-refractivity contribution < 1.29 is 45.8 Å². The SMILES string of the molecule is CCN(CC1CCC(CC(=O)O)CC1)c1ncc(-c2ccnn2C)nc1CN1C(=O)OC(c2cc(C(F)(F)F)cc(C(F)(F)F)c2)[C@@H]1C. The summed E-state index contributed by atoms with van der Waals surface area (Å²) in [6.07, 6.45) is -5.91. The van der Waals surface area contributed by atoms with E-state index in [2.05, 4.69) is 5.10 Å². The third kappa shape index (κ3) is 7.67. The summed E-state index contributed by atoms with van der Waals surface area (Å²) in [4.78, 5) is 37.2. The van der Waals surface area contributed by atoms with E-state index in [0.29, 0.717) is 48.1 Å². The van der Waals surface area contributed by atoms with Crippen molar-refractivity contribution in [1.82, 2.24) is 24.6 Å². The summed E-state index contributed by atoms with van der Waals surface area (Å²) in [5.74, 6) is 0.0398. The van der Waals surface area contributed by atoms with Crippen LogP contribution in [0.3, 0.4) is 0 Å². The second-order valence-corrected chi connectivity index (χ2v) is 12.4. The minimum absolute atomic E-state index is 0.0342. The van der Waals surface area contributed by atoms with E-state index in [9.17, 15) is 41.0 Å². The molecule has 2 fully saturated rings. The van der Waals surface area contributed by atoms with Gasteiger partial charge in [0, 0.05) is 32.8 Å². The highest BCUT2D eigenvalue weighted by Crippen LogP contribution is 2.41. The number of anilines is 1. The average molecular weight is 683 g/mol. The fraction of sp³-hybridized carbons (Fsp3) is 0.531. The van der Waals surface area contributed by atoms with Crippen molar-refractivity contribution in [2.45, 2.75) is 77.0 Å². The smallest absolute Gasteiger partial charge is 0.416 e. The number of hydrogen-bond donors (Lipinski definition) is 1. The number of aryl methyl sites for hydroxylation is 1. The summed E-state index contributed by atoms with van der Waals surface area (Å²) in [5, 5.41) is 13.3. The number of hydrogen-bond acceptors (Lipinski definition) is 7. The molecule has 1 aliphatic carbocycles. The molecule has 1 saturated carbocycles. The highest BCUT2D eigenvalue weighted by atomic mass is 19.4. The van der Waals surface area contributed by atoms with Gasteiger partial charge in [-0.3, -0.25) is 14.4 Å². The van der Waals surface area contributed by atoms with E-state index < -0.39 is 53.3 Å². The summed E-state index contributed by atoms with van der Waals surface area (Å²) < 4.78 is 88.6. The van der Waals surface area contributed by atoms with Gasteiger partial charge in [-0.2, -0.15) is 31.4 Å². The van der Waals surface area contributed by atoms with Crippen molar-refractivity contribution in [2.24, 2.45) is 18.9 Å². The second-order valence-electron chi connectivity index (χ2n) is 12.4. The number of carbonyl (C=O) groups excluding carboxylic acids is 1. The zero-order valence-corrected chi connectivity index (χ0v) is 26.6. The van der Waals surface area contributed by atoms with Crippen molar-refractivity contribution in [3.8, 4) is 11.4 Å². The van der Waals surface area contributed by atoms with Crippen LogP contribution in [0.4, 0.5) is 37.0 Å². The van der Waals surface area contributed by atoms with Gasteiger partial charge in [0.25, 0.3) is 0 Å². The van der Waals surface area contributed by atoms with Crippen LogP contribution in [0.5, 0.6) is 0 Å². The second kappa shape index (κ2) is 13.6. The van der Waals surface area contributed by atoms with Gasteiger partial charge in [0.05, 0.1) is 35.6 Å². The number of cyclic esters (lactones) is 1. The molecule has 1 saturated heterocycles. The van der Waals surface area contributed by atoms with Gasteiger partial charge >= 0.3 is 24.4 Å². The van der Waals surface area contributed by atoms with E-state index in [-0.39, 0.29) is 30.9 Å². The van der Waals surface area contributed by atoms with Crippen molar-refractivity contribution in [2.75, 3.05) is 18.0 Å².